The lowest BCUT2D eigenvalue weighted by atomic mass is 10.1. The van der Waals surface area contributed by atoms with E-state index in [1.54, 1.807) is 23.1 Å². The van der Waals surface area contributed by atoms with E-state index in [9.17, 15) is 9.59 Å². The highest BCUT2D eigenvalue weighted by Crippen LogP contribution is 2.26. The molecule has 1 saturated heterocycles. The minimum absolute atomic E-state index is 0.00422. The van der Waals surface area contributed by atoms with E-state index in [4.69, 9.17) is 5.73 Å². The first-order valence-electron chi connectivity index (χ1n) is 5.69. The molecule has 1 heterocycles. The van der Waals surface area contributed by atoms with Crippen LogP contribution in [0.3, 0.4) is 0 Å². The minimum Gasteiger partial charge on any atom is -0.325 e. The van der Waals surface area contributed by atoms with Gasteiger partial charge in [0.25, 0.3) is 0 Å². The van der Waals surface area contributed by atoms with Gasteiger partial charge in [0.05, 0.1) is 0 Å². The van der Waals surface area contributed by atoms with Crippen molar-refractivity contribution in [1.82, 2.24) is 0 Å². The summed E-state index contributed by atoms with van der Waals surface area (Å²) < 4.78 is 0. The van der Waals surface area contributed by atoms with Gasteiger partial charge in [-0.15, -0.1) is 0 Å². The van der Waals surface area contributed by atoms with Crippen molar-refractivity contribution in [3.05, 3.63) is 29.8 Å². The van der Waals surface area contributed by atoms with Crippen molar-refractivity contribution in [2.75, 3.05) is 4.90 Å². The number of ketones is 1. The quantitative estimate of drug-likeness (QED) is 0.783. The second kappa shape index (κ2) is 4.30. The molecule has 2 unspecified atom stereocenters. The number of hydrogen-bond acceptors (Lipinski definition) is 3. The molecule has 1 aromatic carbocycles. The highest BCUT2D eigenvalue weighted by molar-refractivity contribution is 5.99. The fourth-order valence-corrected chi connectivity index (χ4v) is 2.14. The van der Waals surface area contributed by atoms with Gasteiger partial charge in [0.2, 0.25) is 5.91 Å². The molecule has 1 aliphatic heterocycles. The molecule has 0 aliphatic carbocycles. The molecule has 0 radical (unpaired) electrons. The van der Waals surface area contributed by atoms with Crippen LogP contribution in [0.5, 0.6) is 0 Å². The molecule has 1 amide bonds. The van der Waals surface area contributed by atoms with Crippen LogP contribution in [0.2, 0.25) is 0 Å². The zero-order chi connectivity index (χ0) is 12.6. The molecule has 4 heteroatoms. The number of rotatable bonds is 2. The number of Topliss-reactive ketones (excluding diaryl/α,β-unsaturated/α-hetero) is 1. The van der Waals surface area contributed by atoms with Crippen molar-refractivity contribution in [2.24, 2.45) is 5.73 Å². The van der Waals surface area contributed by atoms with E-state index in [0.717, 1.165) is 5.69 Å². The largest absolute Gasteiger partial charge is 0.325 e. The summed E-state index contributed by atoms with van der Waals surface area (Å²) in [6.07, 6.45) is 0.367. The first-order chi connectivity index (χ1) is 8.00. The van der Waals surface area contributed by atoms with Gasteiger partial charge in [-0.2, -0.15) is 0 Å². The first kappa shape index (κ1) is 11.8. The van der Waals surface area contributed by atoms with E-state index in [1.807, 2.05) is 13.0 Å². The van der Waals surface area contributed by atoms with Crippen molar-refractivity contribution in [3.63, 3.8) is 0 Å². The molecule has 4 nitrogen and oxygen atoms in total. The third-order valence-electron chi connectivity index (χ3n) is 3.24. The molecule has 17 heavy (non-hydrogen) atoms. The number of amides is 1. The fourth-order valence-electron chi connectivity index (χ4n) is 2.14. The monoisotopic (exact) mass is 232 g/mol. The van der Waals surface area contributed by atoms with Crippen molar-refractivity contribution in [1.29, 1.82) is 0 Å². The Morgan fingerprint density at radius 3 is 2.71 bits per heavy atom. The number of benzene rings is 1. The van der Waals surface area contributed by atoms with Crippen molar-refractivity contribution >= 4 is 17.4 Å². The van der Waals surface area contributed by atoms with Gasteiger partial charge in [0.15, 0.2) is 5.78 Å². The van der Waals surface area contributed by atoms with Crippen molar-refractivity contribution in [3.8, 4) is 0 Å². The van der Waals surface area contributed by atoms with Crippen LogP contribution < -0.4 is 10.6 Å². The average molecular weight is 232 g/mol. The highest BCUT2D eigenvalue weighted by atomic mass is 16.2. The van der Waals surface area contributed by atoms with Crippen LogP contribution in [0.25, 0.3) is 0 Å². The lowest BCUT2D eigenvalue weighted by molar-refractivity contribution is -0.117. The standard InChI is InChI=1S/C13H16N2O2/c1-8-12(14)7-13(17)15(8)11-5-3-4-10(6-11)9(2)16/h3-6,8,12H,7,14H2,1-2H3. The summed E-state index contributed by atoms with van der Waals surface area (Å²) in [5, 5.41) is 0. The maximum Gasteiger partial charge on any atom is 0.228 e. The molecule has 2 rings (SSSR count). The summed E-state index contributed by atoms with van der Waals surface area (Å²) in [5.74, 6) is 0.0150. The van der Waals surface area contributed by atoms with Crippen LogP contribution in [0.15, 0.2) is 24.3 Å². The van der Waals surface area contributed by atoms with E-state index in [0.29, 0.717) is 12.0 Å². The Kier molecular flexibility index (Phi) is 2.98. The predicted octanol–water partition coefficient (Wildman–Crippen LogP) is 1.34. The topological polar surface area (TPSA) is 63.4 Å². The molecule has 0 saturated carbocycles. The van der Waals surface area contributed by atoms with Crippen LogP contribution in [0.1, 0.15) is 30.6 Å². The second-order valence-corrected chi connectivity index (χ2v) is 4.48. The van der Waals surface area contributed by atoms with Crippen LogP contribution in [-0.4, -0.2) is 23.8 Å². The van der Waals surface area contributed by atoms with Gasteiger partial charge in [0, 0.05) is 29.8 Å². The number of carbonyl (C=O) groups excluding carboxylic acids is 2. The van der Waals surface area contributed by atoms with Gasteiger partial charge in [-0.1, -0.05) is 12.1 Å². The normalized spacial score (nSPS) is 24.2. The Bertz CT molecular complexity index is 470. The van der Waals surface area contributed by atoms with E-state index in [1.165, 1.54) is 6.92 Å². The zero-order valence-electron chi connectivity index (χ0n) is 10.0. The molecular formula is C13H16N2O2. The molecule has 2 atom stereocenters. The number of anilines is 1. The van der Waals surface area contributed by atoms with Gasteiger partial charge >= 0.3 is 0 Å². The lowest BCUT2D eigenvalue weighted by Gasteiger charge is -2.23. The maximum absolute atomic E-state index is 11.8. The van der Waals surface area contributed by atoms with Crippen LogP contribution in [0.4, 0.5) is 5.69 Å². The molecule has 1 aromatic rings. The Morgan fingerprint density at radius 2 is 2.18 bits per heavy atom. The highest BCUT2D eigenvalue weighted by Gasteiger charge is 2.35. The number of carbonyl (C=O) groups is 2. The molecule has 90 valence electrons. The number of hydrogen-bond donors (Lipinski definition) is 1. The Morgan fingerprint density at radius 1 is 1.47 bits per heavy atom. The summed E-state index contributed by atoms with van der Waals surface area (Å²) in [4.78, 5) is 24.8. The molecule has 0 aromatic heterocycles. The Hall–Kier alpha value is -1.68. The van der Waals surface area contributed by atoms with Gasteiger partial charge in [0.1, 0.15) is 0 Å². The number of nitrogens with two attached hydrogens (primary N) is 1. The Balaban J connectivity index is 2.37. The van der Waals surface area contributed by atoms with Crippen LogP contribution >= 0.6 is 0 Å². The SMILES string of the molecule is CC(=O)c1cccc(N2C(=O)CC(N)C2C)c1. The molecular weight excluding hydrogens is 216 g/mol. The fraction of sp³-hybridized carbons (Fsp3) is 0.385. The van der Waals surface area contributed by atoms with Crippen LogP contribution in [0, 0.1) is 0 Å². The first-order valence-corrected chi connectivity index (χ1v) is 5.69. The summed E-state index contributed by atoms with van der Waals surface area (Å²) in [6, 6.07) is 6.95. The summed E-state index contributed by atoms with van der Waals surface area (Å²) >= 11 is 0. The molecule has 1 fully saturated rings. The predicted molar refractivity (Wildman–Crippen MR) is 66.0 cm³/mol. The average Bonchev–Trinajstić information content (AvgIpc) is 2.53. The Labute approximate surface area is 100 Å². The molecule has 0 spiro atoms. The maximum atomic E-state index is 11.8. The van der Waals surface area contributed by atoms with Crippen molar-refractivity contribution in [2.45, 2.75) is 32.4 Å². The van der Waals surface area contributed by atoms with Gasteiger partial charge < -0.3 is 10.6 Å². The minimum atomic E-state index is -0.136. The molecule has 2 N–H and O–H groups in total. The lowest BCUT2D eigenvalue weighted by Crippen LogP contribution is -2.38. The van der Waals surface area contributed by atoms with E-state index in [-0.39, 0.29) is 23.8 Å². The summed E-state index contributed by atoms with van der Waals surface area (Å²) in [7, 11) is 0. The summed E-state index contributed by atoms with van der Waals surface area (Å²) in [5.41, 5.74) is 7.23. The van der Waals surface area contributed by atoms with E-state index >= 15 is 0 Å². The summed E-state index contributed by atoms with van der Waals surface area (Å²) in [6.45, 7) is 3.44. The third-order valence-corrected chi connectivity index (χ3v) is 3.24. The molecule has 1 aliphatic rings. The van der Waals surface area contributed by atoms with E-state index in [2.05, 4.69) is 0 Å². The molecule has 0 bridgehead atoms. The van der Waals surface area contributed by atoms with Gasteiger partial charge in [-0.05, 0) is 26.0 Å². The number of nitrogens with zero attached hydrogens (tertiary/aromatic N) is 1. The smallest absolute Gasteiger partial charge is 0.228 e. The van der Waals surface area contributed by atoms with Gasteiger partial charge in [-0.3, -0.25) is 9.59 Å². The van der Waals surface area contributed by atoms with Gasteiger partial charge in [-0.25, -0.2) is 0 Å². The van der Waals surface area contributed by atoms with Crippen molar-refractivity contribution < 1.29 is 9.59 Å². The van der Waals surface area contributed by atoms with E-state index < -0.39 is 0 Å². The zero-order valence-corrected chi connectivity index (χ0v) is 10.0. The van der Waals surface area contributed by atoms with Crippen LogP contribution in [-0.2, 0) is 4.79 Å². The second-order valence-electron chi connectivity index (χ2n) is 4.48. The third kappa shape index (κ3) is 2.08.